The average Bonchev–Trinajstić information content (AvgIpc) is 1.81. The zero-order chi connectivity index (χ0) is 10.5. The summed E-state index contributed by atoms with van der Waals surface area (Å²) in [6.45, 7) is 6.82. The summed E-state index contributed by atoms with van der Waals surface area (Å²) in [7, 11) is 0. The van der Waals surface area contributed by atoms with Gasteiger partial charge in [0, 0.05) is 0 Å². The highest BCUT2D eigenvalue weighted by molar-refractivity contribution is 5.19. The molecule has 0 aromatic heterocycles. The van der Waals surface area contributed by atoms with Crippen molar-refractivity contribution in [1.82, 2.24) is 0 Å². The van der Waals surface area contributed by atoms with E-state index in [1.165, 1.54) is 13.0 Å². The smallest absolute Gasteiger partial charge is 0.171 e. The molecule has 0 rings (SSSR count). The Kier molecular flexibility index (Phi) is 4.52. The summed E-state index contributed by atoms with van der Waals surface area (Å²) < 4.78 is 35.4. The highest BCUT2D eigenvalue weighted by Gasteiger charge is 2.26. The van der Waals surface area contributed by atoms with Crippen molar-refractivity contribution in [2.24, 2.45) is 0 Å². The van der Waals surface area contributed by atoms with E-state index in [1.54, 1.807) is 19.1 Å². The van der Waals surface area contributed by atoms with Gasteiger partial charge in [0.25, 0.3) is 0 Å². The van der Waals surface area contributed by atoms with E-state index < -0.39 is 12.6 Å². The number of hydrogen-bond acceptors (Lipinski definition) is 0. The van der Waals surface area contributed by atoms with Gasteiger partial charge >= 0.3 is 6.18 Å². The largest absolute Gasteiger partial charge is 0.392 e. The Morgan fingerprint density at radius 1 is 1.31 bits per heavy atom. The molecule has 0 aromatic rings. The predicted octanol–water partition coefficient (Wildman–Crippen LogP) is 4.02. The third kappa shape index (κ3) is 8.92. The van der Waals surface area contributed by atoms with Gasteiger partial charge in [-0.25, -0.2) is 0 Å². The fourth-order valence-electron chi connectivity index (χ4n) is 0.752. The summed E-state index contributed by atoms with van der Waals surface area (Å²) in [6, 6.07) is 0. The summed E-state index contributed by atoms with van der Waals surface area (Å²) >= 11 is 0. The minimum absolute atomic E-state index is 0.296. The van der Waals surface area contributed by atoms with Crippen LogP contribution in [0.2, 0.25) is 0 Å². The summed E-state index contributed by atoms with van der Waals surface area (Å²) in [5.41, 5.74) is 1.11. The summed E-state index contributed by atoms with van der Waals surface area (Å²) in [5, 5.41) is 0. The van der Waals surface area contributed by atoms with Crippen LogP contribution in [0.15, 0.2) is 36.0 Å². The third-order valence-electron chi connectivity index (χ3n) is 1.24. The molecule has 0 saturated carbocycles. The maximum absolute atomic E-state index is 11.8. The monoisotopic (exact) mass is 190 g/mol. The number of hydrogen-bond donors (Lipinski definition) is 0. The maximum Gasteiger partial charge on any atom is 0.392 e. The molecule has 0 aliphatic rings. The van der Waals surface area contributed by atoms with Crippen LogP contribution in [0.5, 0.6) is 0 Å². The molecule has 0 spiro atoms. The second-order valence-corrected chi connectivity index (χ2v) is 3.01. The molecule has 13 heavy (non-hydrogen) atoms. The maximum atomic E-state index is 11.8. The topological polar surface area (TPSA) is 0 Å². The number of halogens is 3. The summed E-state index contributed by atoms with van der Waals surface area (Å²) in [5.74, 6) is 0. The molecule has 0 aliphatic carbocycles. The fraction of sp³-hybridized carbons (Fsp3) is 0.400. The van der Waals surface area contributed by atoms with Crippen LogP contribution >= 0.6 is 0 Å². The van der Waals surface area contributed by atoms with Gasteiger partial charge < -0.3 is 0 Å². The standard InChI is InChI=1S/C10H13F3/c1-8(2)5-4-6-9(3)7-10(11,12)13/h4-6H,1,7H2,2-3H3/b5-4-,9-6+. The molecule has 0 nitrogen and oxygen atoms in total. The van der Waals surface area contributed by atoms with Crippen molar-refractivity contribution < 1.29 is 13.2 Å². The van der Waals surface area contributed by atoms with Crippen LogP contribution in [-0.4, -0.2) is 6.18 Å². The van der Waals surface area contributed by atoms with Gasteiger partial charge in [0.1, 0.15) is 0 Å². The molecule has 0 aliphatic heterocycles. The molecule has 0 aromatic carbocycles. The predicted molar refractivity (Wildman–Crippen MR) is 48.4 cm³/mol. The van der Waals surface area contributed by atoms with E-state index in [0.29, 0.717) is 5.57 Å². The first-order valence-electron chi connectivity index (χ1n) is 3.87. The molecule has 0 radical (unpaired) electrons. The van der Waals surface area contributed by atoms with Gasteiger partial charge in [-0.2, -0.15) is 13.2 Å². The fourth-order valence-corrected chi connectivity index (χ4v) is 0.752. The van der Waals surface area contributed by atoms with Crippen LogP contribution in [0, 0.1) is 0 Å². The lowest BCUT2D eigenvalue weighted by Gasteiger charge is -2.04. The Bertz CT molecular complexity index is 231. The molecule has 0 bridgehead atoms. The SMILES string of the molecule is C=C(C)/C=C\C=C(/C)CC(F)(F)F. The molecule has 0 N–H and O–H groups in total. The van der Waals surface area contributed by atoms with E-state index in [0.717, 1.165) is 5.57 Å². The van der Waals surface area contributed by atoms with E-state index >= 15 is 0 Å². The van der Waals surface area contributed by atoms with Crippen LogP contribution in [-0.2, 0) is 0 Å². The number of alkyl halides is 3. The Labute approximate surface area is 76.5 Å². The van der Waals surface area contributed by atoms with Crippen LogP contribution in [0.4, 0.5) is 13.2 Å². The highest BCUT2D eigenvalue weighted by atomic mass is 19.4. The lowest BCUT2D eigenvalue weighted by atomic mass is 10.2. The summed E-state index contributed by atoms with van der Waals surface area (Å²) in [6.07, 6.45) is -0.281. The Morgan fingerprint density at radius 2 is 1.85 bits per heavy atom. The number of allylic oxidation sites excluding steroid dienone is 5. The van der Waals surface area contributed by atoms with Crippen molar-refractivity contribution in [3.05, 3.63) is 36.0 Å². The van der Waals surface area contributed by atoms with E-state index in [1.807, 2.05) is 0 Å². The van der Waals surface area contributed by atoms with Gasteiger partial charge in [0.15, 0.2) is 0 Å². The van der Waals surface area contributed by atoms with Crippen molar-refractivity contribution in [2.75, 3.05) is 0 Å². The average molecular weight is 190 g/mol. The molecule has 0 unspecified atom stereocenters. The Hall–Kier alpha value is -0.990. The van der Waals surface area contributed by atoms with Crippen molar-refractivity contribution in [2.45, 2.75) is 26.4 Å². The van der Waals surface area contributed by atoms with Crippen molar-refractivity contribution in [1.29, 1.82) is 0 Å². The Balaban J connectivity index is 4.11. The molecule has 0 amide bonds. The molecular formula is C10H13F3. The lowest BCUT2D eigenvalue weighted by Crippen LogP contribution is -2.06. The van der Waals surface area contributed by atoms with Crippen molar-refractivity contribution in [3.8, 4) is 0 Å². The molecule has 0 saturated heterocycles. The minimum Gasteiger partial charge on any atom is -0.171 e. The zero-order valence-corrected chi connectivity index (χ0v) is 7.78. The molecule has 74 valence electrons. The second-order valence-electron chi connectivity index (χ2n) is 3.01. The second kappa shape index (κ2) is 4.90. The van der Waals surface area contributed by atoms with E-state index in [2.05, 4.69) is 6.58 Å². The van der Waals surface area contributed by atoms with Gasteiger partial charge in [-0.15, -0.1) is 0 Å². The summed E-state index contributed by atoms with van der Waals surface area (Å²) in [4.78, 5) is 0. The van der Waals surface area contributed by atoms with E-state index in [4.69, 9.17) is 0 Å². The first kappa shape index (κ1) is 12.0. The molecule has 0 atom stereocenters. The molecule has 0 heterocycles. The zero-order valence-electron chi connectivity index (χ0n) is 7.78. The third-order valence-corrected chi connectivity index (χ3v) is 1.24. The van der Waals surface area contributed by atoms with Crippen LogP contribution in [0.25, 0.3) is 0 Å². The van der Waals surface area contributed by atoms with Crippen LogP contribution in [0.3, 0.4) is 0 Å². The van der Waals surface area contributed by atoms with Gasteiger partial charge in [-0.05, 0) is 13.8 Å². The van der Waals surface area contributed by atoms with Crippen LogP contribution in [0.1, 0.15) is 20.3 Å². The number of rotatable bonds is 3. The lowest BCUT2D eigenvalue weighted by molar-refractivity contribution is -0.127. The van der Waals surface area contributed by atoms with Gasteiger partial charge in [-0.1, -0.05) is 36.0 Å². The van der Waals surface area contributed by atoms with Crippen molar-refractivity contribution in [3.63, 3.8) is 0 Å². The van der Waals surface area contributed by atoms with Crippen molar-refractivity contribution >= 4 is 0 Å². The quantitative estimate of drug-likeness (QED) is 0.589. The highest BCUT2D eigenvalue weighted by Crippen LogP contribution is 2.23. The first-order chi connectivity index (χ1) is 5.81. The molecule has 0 fully saturated rings. The molecule has 3 heteroatoms. The van der Waals surface area contributed by atoms with E-state index in [9.17, 15) is 13.2 Å². The molecular weight excluding hydrogens is 177 g/mol. The normalized spacial score (nSPS) is 13.8. The van der Waals surface area contributed by atoms with Crippen LogP contribution < -0.4 is 0 Å². The van der Waals surface area contributed by atoms with Gasteiger partial charge in [0.2, 0.25) is 0 Å². The Morgan fingerprint density at radius 3 is 2.23 bits per heavy atom. The van der Waals surface area contributed by atoms with Gasteiger partial charge in [-0.3, -0.25) is 0 Å². The van der Waals surface area contributed by atoms with Gasteiger partial charge in [0.05, 0.1) is 6.42 Å². The van der Waals surface area contributed by atoms with E-state index in [-0.39, 0.29) is 0 Å². The first-order valence-corrected chi connectivity index (χ1v) is 3.87. The minimum atomic E-state index is -4.11.